The van der Waals surface area contributed by atoms with Crippen LogP contribution < -0.4 is 5.32 Å². The van der Waals surface area contributed by atoms with Crippen LogP contribution in [0.2, 0.25) is 0 Å². The maximum atomic E-state index is 12.8. The Balaban J connectivity index is 1.83. The van der Waals surface area contributed by atoms with E-state index in [9.17, 15) is 18.0 Å². The lowest BCUT2D eigenvalue weighted by Gasteiger charge is -2.06. The SMILES string of the molecule is Cc1ccc(/N=C2/NC(=O)/C(=C\c3cccc(C(F)(F)F)c3)S2)cc1. The molecule has 7 heteroatoms. The van der Waals surface area contributed by atoms with E-state index >= 15 is 0 Å². The van der Waals surface area contributed by atoms with Gasteiger partial charge in [0.1, 0.15) is 0 Å². The molecule has 3 nitrogen and oxygen atoms in total. The number of carbonyl (C=O) groups is 1. The molecular weight excluding hydrogens is 349 g/mol. The number of aliphatic imine (C=N–C) groups is 1. The average molecular weight is 362 g/mol. The first-order chi connectivity index (χ1) is 11.8. The number of benzene rings is 2. The lowest BCUT2D eigenvalue weighted by molar-refractivity contribution is -0.137. The maximum absolute atomic E-state index is 12.8. The summed E-state index contributed by atoms with van der Waals surface area (Å²) in [5.41, 5.74) is 1.34. The van der Waals surface area contributed by atoms with Crippen molar-refractivity contribution in [3.8, 4) is 0 Å². The molecule has 0 saturated carbocycles. The third kappa shape index (κ3) is 4.30. The molecule has 0 aliphatic carbocycles. The van der Waals surface area contributed by atoms with Crippen LogP contribution in [0.5, 0.6) is 0 Å². The van der Waals surface area contributed by atoms with Gasteiger partial charge in [-0.2, -0.15) is 13.2 Å². The number of hydrogen-bond donors (Lipinski definition) is 1. The molecule has 1 N–H and O–H groups in total. The van der Waals surface area contributed by atoms with Crippen LogP contribution in [0.3, 0.4) is 0 Å². The second-order valence-corrected chi connectivity index (χ2v) is 6.47. The summed E-state index contributed by atoms with van der Waals surface area (Å²) in [6.45, 7) is 1.96. The molecule has 1 aliphatic heterocycles. The molecule has 1 fully saturated rings. The molecule has 1 heterocycles. The van der Waals surface area contributed by atoms with Crippen molar-refractivity contribution >= 4 is 34.6 Å². The van der Waals surface area contributed by atoms with E-state index in [0.29, 0.717) is 21.3 Å². The monoisotopic (exact) mass is 362 g/mol. The standard InChI is InChI=1S/C18H13F3N2OS/c1-11-5-7-14(8-6-11)22-17-23-16(24)15(25-17)10-12-3-2-4-13(9-12)18(19,20)21/h2-10H,1H3,(H,22,23,24)/b15-10+. The van der Waals surface area contributed by atoms with E-state index in [2.05, 4.69) is 10.3 Å². The summed E-state index contributed by atoms with van der Waals surface area (Å²) in [7, 11) is 0. The summed E-state index contributed by atoms with van der Waals surface area (Å²) in [6.07, 6.45) is -3.00. The highest BCUT2D eigenvalue weighted by Gasteiger charge is 2.30. The van der Waals surface area contributed by atoms with Gasteiger partial charge in [-0.15, -0.1) is 0 Å². The highest BCUT2D eigenvalue weighted by molar-refractivity contribution is 8.18. The number of hydrogen-bond acceptors (Lipinski definition) is 3. The largest absolute Gasteiger partial charge is 0.416 e. The van der Waals surface area contributed by atoms with E-state index in [0.717, 1.165) is 29.5 Å². The molecule has 128 valence electrons. The number of nitrogens with one attached hydrogen (secondary N) is 1. The first-order valence-electron chi connectivity index (χ1n) is 7.35. The Morgan fingerprint density at radius 1 is 1.12 bits per heavy atom. The quantitative estimate of drug-likeness (QED) is 0.772. The fourth-order valence-corrected chi connectivity index (χ4v) is 3.02. The lowest BCUT2D eigenvalue weighted by Crippen LogP contribution is -2.19. The molecule has 0 radical (unpaired) electrons. The smallest absolute Gasteiger partial charge is 0.300 e. The van der Waals surface area contributed by atoms with Gasteiger partial charge in [-0.1, -0.05) is 29.8 Å². The molecule has 0 unspecified atom stereocenters. The van der Waals surface area contributed by atoms with Crippen molar-refractivity contribution in [1.82, 2.24) is 5.32 Å². The highest BCUT2D eigenvalue weighted by Crippen LogP contribution is 2.32. The highest BCUT2D eigenvalue weighted by atomic mass is 32.2. The minimum atomic E-state index is -4.42. The second-order valence-electron chi connectivity index (χ2n) is 5.44. The third-order valence-corrected chi connectivity index (χ3v) is 4.34. The van der Waals surface area contributed by atoms with Gasteiger partial charge in [-0.3, -0.25) is 4.79 Å². The van der Waals surface area contributed by atoms with E-state index < -0.39 is 11.7 Å². The van der Waals surface area contributed by atoms with Crippen LogP contribution in [0.4, 0.5) is 18.9 Å². The van der Waals surface area contributed by atoms with E-state index in [4.69, 9.17) is 0 Å². The Bertz CT molecular complexity index is 871. The normalized spacial score (nSPS) is 18.0. The van der Waals surface area contributed by atoms with Gasteiger partial charge in [0.15, 0.2) is 5.17 Å². The predicted molar refractivity (Wildman–Crippen MR) is 93.4 cm³/mol. The number of amides is 1. The summed E-state index contributed by atoms with van der Waals surface area (Å²) in [4.78, 5) is 16.6. The summed E-state index contributed by atoms with van der Waals surface area (Å²) in [6, 6.07) is 12.3. The van der Waals surface area contributed by atoms with E-state index in [1.54, 1.807) is 0 Å². The van der Waals surface area contributed by atoms with Crippen LogP contribution in [-0.2, 0) is 11.0 Å². The molecule has 2 aromatic carbocycles. The topological polar surface area (TPSA) is 41.5 Å². The number of rotatable bonds is 2. The molecule has 1 saturated heterocycles. The Kier molecular flexibility index (Phi) is 4.67. The van der Waals surface area contributed by atoms with Crippen LogP contribution in [0.1, 0.15) is 16.7 Å². The summed E-state index contributed by atoms with van der Waals surface area (Å²) >= 11 is 1.10. The second kappa shape index (κ2) is 6.76. The minimum absolute atomic E-state index is 0.296. The van der Waals surface area contributed by atoms with E-state index in [-0.39, 0.29) is 5.91 Å². The molecular formula is C18H13F3N2OS. The van der Waals surface area contributed by atoms with Gasteiger partial charge < -0.3 is 5.32 Å². The number of nitrogens with zero attached hydrogens (tertiary/aromatic N) is 1. The van der Waals surface area contributed by atoms with Crippen LogP contribution >= 0.6 is 11.8 Å². The Labute approximate surface area is 146 Å². The zero-order valence-corrected chi connectivity index (χ0v) is 13.9. The van der Waals surface area contributed by atoms with E-state index in [1.807, 2.05) is 31.2 Å². The van der Waals surface area contributed by atoms with Crippen molar-refractivity contribution in [1.29, 1.82) is 0 Å². The zero-order chi connectivity index (χ0) is 18.0. The predicted octanol–water partition coefficient (Wildman–Crippen LogP) is 4.91. The molecule has 25 heavy (non-hydrogen) atoms. The minimum Gasteiger partial charge on any atom is -0.300 e. The molecule has 1 aliphatic rings. The van der Waals surface area contributed by atoms with Crippen molar-refractivity contribution in [2.45, 2.75) is 13.1 Å². The first-order valence-corrected chi connectivity index (χ1v) is 8.16. The molecule has 0 aromatic heterocycles. The summed E-state index contributed by atoms with van der Waals surface area (Å²) < 4.78 is 38.3. The van der Waals surface area contributed by atoms with Gasteiger partial charge in [0.05, 0.1) is 16.2 Å². The van der Waals surface area contributed by atoms with Gasteiger partial charge in [0.2, 0.25) is 0 Å². The van der Waals surface area contributed by atoms with Gasteiger partial charge in [-0.05, 0) is 54.6 Å². The summed E-state index contributed by atoms with van der Waals surface area (Å²) in [5, 5.41) is 3.01. The Morgan fingerprint density at radius 3 is 2.52 bits per heavy atom. The number of halogens is 3. The molecule has 2 aromatic rings. The van der Waals surface area contributed by atoms with Crippen molar-refractivity contribution in [3.05, 3.63) is 70.1 Å². The number of amidine groups is 1. The third-order valence-electron chi connectivity index (χ3n) is 3.43. The molecule has 3 rings (SSSR count). The average Bonchev–Trinajstić information content (AvgIpc) is 2.88. The lowest BCUT2D eigenvalue weighted by atomic mass is 10.1. The number of thioether (sulfide) groups is 1. The molecule has 1 amide bonds. The van der Waals surface area contributed by atoms with E-state index in [1.165, 1.54) is 18.2 Å². The molecule has 0 spiro atoms. The van der Waals surface area contributed by atoms with Crippen molar-refractivity contribution in [3.63, 3.8) is 0 Å². The summed E-state index contributed by atoms with van der Waals surface area (Å²) in [5.74, 6) is -0.381. The molecule has 0 bridgehead atoms. The number of alkyl halides is 3. The van der Waals surface area contributed by atoms with Crippen LogP contribution in [0, 0.1) is 6.92 Å². The van der Waals surface area contributed by atoms with Crippen LogP contribution in [-0.4, -0.2) is 11.1 Å². The van der Waals surface area contributed by atoms with Gasteiger partial charge in [0, 0.05) is 0 Å². The fraction of sp³-hybridized carbons (Fsp3) is 0.111. The first kappa shape index (κ1) is 17.3. The van der Waals surface area contributed by atoms with Gasteiger partial charge in [-0.25, -0.2) is 4.99 Å². The number of aryl methyl sites for hydroxylation is 1. The van der Waals surface area contributed by atoms with Crippen LogP contribution in [0.25, 0.3) is 6.08 Å². The molecule has 0 atom stereocenters. The fourth-order valence-electron chi connectivity index (χ4n) is 2.17. The Morgan fingerprint density at radius 2 is 1.84 bits per heavy atom. The zero-order valence-electron chi connectivity index (χ0n) is 13.1. The van der Waals surface area contributed by atoms with Crippen molar-refractivity contribution in [2.24, 2.45) is 4.99 Å². The van der Waals surface area contributed by atoms with Gasteiger partial charge >= 0.3 is 6.18 Å². The van der Waals surface area contributed by atoms with Crippen molar-refractivity contribution in [2.75, 3.05) is 0 Å². The van der Waals surface area contributed by atoms with Crippen molar-refractivity contribution < 1.29 is 18.0 Å². The Hall–Kier alpha value is -2.54. The number of carbonyl (C=O) groups excluding carboxylic acids is 1. The van der Waals surface area contributed by atoms with Gasteiger partial charge in [0.25, 0.3) is 5.91 Å². The van der Waals surface area contributed by atoms with Crippen LogP contribution in [0.15, 0.2) is 58.4 Å². The maximum Gasteiger partial charge on any atom is 0.416 e.